The van der Waals surface area contributed by atoms with Gasteiger partial charge in [-0.15, -0.1) is 0 Å². The van der Waals surface area contributed by atoms with Gasteiger partial charge in [-0.05, 0) is 17.7 Å². The number of hydrogen-bond donors (Lipinski definition) is 3. The number of rotatable bonds is 7. The summed E-state index contributed by atoms with van der Waals surface area (Å²) in [5.41, 5.74) is 5.85. The summed E-state index contributed by atoms with van der Waals surface area (Å²) in [6.07, 6.45) is 1.26. The van der Waals surface area contributed by atoms with E-state index in [0.29, 0.717) is 30.4 Å². The van der Waals surface area contributed by atoms with Crippen molar-refractivity contribution in [3.8, 4) is 11.5 Å². The Morgan fingerprint density at radius 1 is 1.03 bits per heavy atom. The van der Waals surface area contributed by atoms with Crippen LogP contribution in [-0.2, 0) is 11.2 Å². The van der Waals surface area contributed by atoms with Gasteiger partial charge < -0.3 is 14.8 Å². The normalized spacial score (nSPS) is 12.0. The lowest BCUT2D eigenvalue weighted by atomic mass is 10.1. The van der Waals surface area contributed by atoms with E-state index in [2.05, 4.69) is 26.1 Å². The van der Waals surface area contributed by atoms with E-state index in [1.165, 1.54) is 0 Å². The molecule has 0 bridgehead atoms. The van der Waals surface area contributed by atoms with Gasteiger partial charge >= 0.3 is 5.69 Å². The van der Waals surface area contributed by atoms with Gasteiger partial charge in [0.25, 0.3) is 0 Å². The first-order chi connectivity index (χ1) is 15.1. The number of anilines is 3. The number of fused-ring (bicyclic) bond motifs is 1. The summed E-state index contributed by atoms with van der Waals surface area (Å²) in [6, 6.07) is 14.2. The van der Waals surface area contributed by atoms with Crippen molar-refractivity contribution in [2.24, 2.45) is 0 Å². The van der Waals surface area contributed by atoms with Crippen molar-refractivity contribution >= 4 is 28.9 Å². The molecule has 2 heterocycles. The monoisotopic (exact) mass is 422 g/mol. The zero-order valence-corrected chi connectivity index (χ0v) is 16.2. The van der Waals surface area contributed by atoms with Crippen molar-refractivity contribution < 1.29 is 19.2 Å². The molecule has 4 rings (SSSR count). The highest BCUT2D eigenvalue weighted by atomic mass is 16.6. The van der Waals surface area contributed by atoms with Gasteiger partial charge in [-0.1, -0.05) is 30.3 Å². The lowest BCUT2D eigenvalue weighted by molar-refractivity contribution is -0.383. The minimum Gasteiger partial charge on any atom is -0.486 e. The van der Waals surface area contributed by atoms with Crippen LogP contribution in [0, 0.1) is 10.1 Å². The Kier molecular flexibility index (Phi) is 5.74. The minimum absolute atomic E-state index is 0.0449. The van der Waals surface area contributed by atoms with Crippen LogP contribution >= 0.6 is 0 Å². The third kappa shape index (κ3) is 4.78. The van der Waals surface area contributed by atoms with Gasteiger partial charge in [-0.3, -0.25) is 25.8 Å². The number of amides is 1. The molecular weight excluding hydrogens is 404 g/mol. The lowest BCUT2D eigenvalue weighted by Gasteiger charge is -2.19. The van der Waals surface area contributed by atoms with Gasteiger partial charge in [0.05, 0.1) is 11.3 Å². The van der Waals surface area contributed by atoms with Gasteiger partial charge in [0, 0.05) is 11.8 Å². The van der Waals surface area contributed by atoms with Crippen molar-refractivity contribution in [2.75, 3.05) is 24.0 Å². The highest BCUT2D eigenvalue weighted by molar-refractivity contribution is 5.81. The standard InChI is InChI=1S/C20H18N6O5/c27-17(10-13-4-2-1-3-5-13)24-25-20-18(26(28)29)19(21-12-22-20)23-14-6-7-15-16(11-14)31-9-8-30-15/h1-7,11-12H,8-10H2,(H,24,27)(H2,21,22,23,25). The topological polar surface area (TPSA) is 141 Å². The molecule has 2 aromatic carbocycles. The van der Waals surface area contributed by atoms with Crippen LogP contribution in [0.2, 0.25) is 0 Å². The Morgan fingerprint density at radius 3 is 2.55 bits per heavy atom. The predicted octanol–water partition coefficient (Wildman–Crippen LogP) is 2.59. The van der Waals surface area contributed by atoms with Crippen molar-refractivity contribution in [3.05, 3.63) is 70.5 Å². The van der Waals surface area contributed by atoms with Crippen LogP contribution in [0.1, 0.15) is 5.56 Å². The summed E-state index contributed by atoms with van der Waals surface area (Å²) >= 11 is 0. The molecule has 158 valence electrons. The fourth-order valence-corrected chi connectivity index (χ4v) is 2.95. The number of carbonyl (C=O) groups is 1. The highest BCUT2D eigenvalue weighted by Crippen LogP contribution is 2.36. The molecule has 0 saturated carbocycles. The fourth-order valence-electron chi connectivity index (χ4n) is 2.95. The molecule has 0 fully saturated rings. The first-order valence-corrected chi connectivity index (χ1v) is 9.35. The van der Waals surface area contributed by atoms with Crippen LogP contribution in [0.25, 0.3) is 0 Å². The third-order valence-corrected chi connectivity index (χ3v) is 4.34. The van der Waals surface area contributed by atoms with E-state index in [-0.39, 0.29) is 24.0 Å². The molecule has 3 aromatic rings. The van der Waals surface area contributed by atoms with Gasteiger partial charge in [-0.2, -0.15) is 0 Å². The molecule has 31 heavy (non-hydrogen) atoms. The van der Waals surface area contributed by atoms with Crippen LogP contribution in [0.4, 0.5) is 23.0 Å². The van der Waals surface area contributed by atoms with E-state index in [1.807, 2.05) is 30.3 Å². The molecule has 3 N–H and O–H groups in total. The molecule has 0 aliphatic carbocycles. The smallest absolute Gasteiger partial charge is 0.355 e. The van der Waals surface area contributed by atoms with Gasteiger partial charge in [0.2, 0.25) is 17.5 Å². The number of benzene rings is 2. The Bertz CT molecular complexity index is 1110. The Labute approximate surface area is 176 Å². The number of nitrogens with one attached hydrogen (secondary N) is 3. The molecule has 0 saturated heterocycles. The number of carbonyl (C=O) groups excluding carboxylic acids is 1. The second kappa shape index (κ2) is 8.95. The summed E-state index contributed by atoms with van der Waals surface area (Å²) in [6.45, 7) is 0.878. The first kappa shape index (κ1) is 19.9. The summed E-state index contributed by atoms with van der Waals surface area (Å²) in [5, 5.41) is 14.6. The van der Waals surface area contributed by atoms with Crippen LogP contribution in [0.15, 0.2) is 54.9 Å². The molecule has 11 heteroatoms. The number of nitrogens with zero attached hydrogens (tertiary/aromatic N) is 3. The average molecular weight is 422 g/mol. The van der Waals surface area contributed by atoms with Crippen LogP contribution < -0.4 is 25.6 Å². The maximum atomic E-state index is 12.2. The van der Waals surface area contributed by atoms with Crippen LogP contribution in [0.3, 0.4) is 0 Å². The van der Waals surface area contributed by atoms with Gasteiger partial charge in [0.15, 0.2) is 11.5 Å². The molecule has 0 atom stereocenters. The van der Waals surface area contributed by atoms with E-state index in [9.17, 15) is 14.9 Å². The minimum atomic E-state index is -0.633. The van der Waals surface area contributed by atoms with Gasteiger partial charge in [-0.25, -0.2) is 9.97 Å². The fraction of sp³-hybridized carbons (Fsp3) is 0.150. The van der Waals surface area contributed by atoms with E-state index < -0.39 is 10.6 Å². The first-order valence-electron chi connectivity index (χ1n) is 9.35. The predicted molar refractivity (Wildman–Crippen MR) is 111 cm³/mol. The number of hydrogen-bond acceptors (Lipinski definition) is 9. The second-order valence-corrected chi connectivity index (χ2v) is 6.50. The summed E-state index contributed by atoms with van der Waals surface area (Å²) in [7, 11) is 0. The number of nitro groups is 1. The van der Waals surface area contributed by atoms with E-state index in [4.69, 9.17) is 9.47 Å². The molecule has 1 amide bonds. The van der Waals surface area contributed by atoms with Crippen LogP contribution in [0.5, 0.6) is 11.5 Å². The van der Waals surface area contributed by atoms with Crippen molar-refractivity contribution in [3.63, 3.8) is 0 Å². The SMILES string of the molecule is O=C(Cc1ccccc1)NNc1ncnc(Nc2ccc3c(c2)OCCO3)c1[N+](=O)[O-]. The number of aromatic nitrogens is 2. The summed E-state index contributed by atoms with van der Waals surface area (Å²) < 4.78 is 11.0. The lowest BCUT2D eigenvalue weighted by Crippen LogP contribution is -2.31. The largest absolute Gasteiger partial charge is 0.486 e. The van der Waals surface area contributed by atoms with E-state index in [0.717, 1.165) is 11.9 Å². The van der Waals surface area contributed by atoms with Crippen LogP contribution in [-0.4, -0.2) is 34.0 Å². The second-order valence-electron chi connectivity index (χ2n) is 6.50. The summed E-state index contributed by atoms with van der Waals surface area (Å²) in [5.74, 6) is 0.551. The molecular formula is C20H18N6O5. The molecule has 11 nitrogen and oxygen atoms in total. The quantitative estimate of drug-likeness (QED) is 0.387. The summed E-state index contributed by atoms with van der Waals surface area (Å²) in [4.78, 5) is 31.1. The molecule has 0 spiro atoms. The Hall–Kier alpha value is -4.41. The van der Waals surface area contributed by atoms with Crippen molar-refractivity contribution in [1.29, 1.82) is 0 Å². The van der Waals surface area contributed by atoms with Crippen molar-refractivity contribution in [2.45, 2.75) is 6.42 Å². The van der Waals surface area contributed by atoms with Gasteiger partial charge in [0.1, 0.15) is 19.5 Å². The maximum absolute atomic E-state index is 12.2. The molecule has 0 radical (unpaired) electrons. The average Bonchev–Trinajstić information content (AvgIpc) is 2.78. The van der Waals surface area contributed by atoms with Crippen molar-refractivity contribution in [1.82, 2.24) is 15.4 Å². The third-order valence-electron chi connectivity index (χ3n) is 4.34. The zero-order valence-electron chi connectivity index (χ0n) is 16.2. The molecule has 1 aliphatic heterocycles. The highest BCUT2D eigenvalue weighted by Gasteiger charge is 2.24. The Morgan fingerprint density at radius 2 is 1.77 bits per heavy atom. The molecule has 0 unspecified atom stereocenters. The number of ether oxygens (including phenoxy) is 2. The molecule has 1 aromatic heterocycles. The molecule has 1 aliphatic rings. The maximum Gasteiger partial charge on any atom is 0.355 e. The Balaban J connectivity index is 1.50. The van der Waals surface area contributed by atoms with E-state index >= 15 is 0 Å². The number of hydrazine groups is 1. The zero-order chi connectivity index (χ0) is 21.6. The van der Waals surface area contributed by atoms with E-state index in [1.54, 1.807) is 18.2 Å².